The first kappa shape index (κ1) is 21.3. The summed E-state index contributed by atoms with van der Waals surface area (Å²) in [6.45, 7) is 0. The Morgan fingerprint density at radius 2 is 1.97 bits per heavy atom. The molecule has 0 radical (unpaired) electrons. The lowest BCUT2D eigenvalue weighted by molar-refractivity contribution is -0.133. The number of para-hydroxylation sites is 1. The van der Waals surface area contributed by atoms with Gasteiger partial charge in [0.05, 0.1) is 22.9 Å². The number of amides is 2. The second-order valence-corrected chi connectivity index (χ2v) is 7.90. The highest BCUT2D eigenvalue weighted by Gasteiger charge is 2.35. The molecule has 9 heteroatoms. The number of nitrogens with one attached hydrogen (secondary N) is 2. The largest absolute Gasteiger partial charge is 0.356 e. The number of carbonyl (C=O) groups is 3. The number of H-pyrrole nitrogens is 1. The third kappa shape index (κ3) is 3.97. The number of benzene rings is 1. The summed E-state index contributed by atoms with van der Waals surface area (Å²) in [5.41, 5.74) is 4.05. The molecule has 4 rings (SSSR count). The van der Waals surface area contributed by atoms with Crippen molar-refractivity contribution >= 4 is 35.3 Å². The molecular formula is C23H24N6O3. The average molecular weight is 432 g/mol. The zero-order valence-electron chi connectivity index (χ0n) is 17.8. The number of carbonyl (C=O) groups excluding carboxylic acids is 3. The van der Waals surface area contributed by atoms with Crippen LogP contribution < -0.4 is 16.2 Å². The van der Waals surface area contributed by atoms with Crippen LogP contribution in [0.2, 0.25) is 0 Å². The summed E-state index contributed by atoms with van der Waals surface area (Å²) in [5, 5.41) is 4.24. The van der Waals surface area contributed by atoms with Crippen molar-refractivity contribution in [1.82, 2.24) is 14.9 Å². The molecular weight excluding hydrogens is 408 g/mol. The number of ketones is 1. The normalized spacial score (nSPS) is 15.1. The Bertz CT molecular complexity index is 1170. The molecule has 0 saturated carbocycles. The van der Waals surface area contributed by atoms with Gasteiger partial charge in [0.1, 0.15) is 5.82 Å². The van der Waals surface area contributed by atoms with Gasteiger partial charge in [-0.25, -0.2) is 15.8 Å². The molecule has 0 fully saturated rings. The van der Waals surface area contributed by atoms with Gasteiger partial charge in [0, 0.05) is 50.1 Å². The van der Waals surface area contributed by atoms with E-state index in [9.17, 15) is 14.4 Å². The highest BCUT2D eigenvalue weighted by molar-refractivity contribution is 6.09. The summed E-state index contributed by atoms with van der Waals surface area (Å²) >= 11 is 0. The van der Waals surface area contributed by atoms with E-state index in [1.54, 1.807) is 32.4 Å². The molecule has 1 unspecified atom stereocenters. The molecule has 0 aliphatic heterocycles. The zero-order chi connectivity index (χ0) is 22.8. The van der Waals surface area contributed by atoms with Crippen LogP contribution in [0.3, 0.4) is 0 Å². The summed E-state index contributed by atoms with van der Waals surface area (Å²) in [6, 6.07) is 12.9. The standard InChI is InChI=1S/C23H24N6O3/c1-28(2)23(32)15-10-17-20(18(31)11-15)22(26-16-6-4-3-5-7-16)21(27-17)14-8-9-25-19(12-14)29(24)13-30/h3-9,12-13,15,26-27H,10-11,24H2,1-2H3. The van der Waals surface area contributed by atoms with Gasteiger partial charge in [-0.15, -0.1) is 0 Å². The molecule has 1 aromatic carbocycles. The molecule has 2 aromatic heterocycles. The molecule has 0 spiro atoms. The van der Waals surface area contributed by atoms with E-state index in [0.29, 0.717) is 41.0 Å². The maximum absolute atomic E-state index is 13.2. The predicted molar refractivity (Wildman–Crippen MR) is 121 cm³/mol. The Balaban J connectivity index is 1.83. The molecule has 1 aliphatic carbocycles. The first-order chi connectivity index (χ1) is 15.4. The van der Waals surface area contributed by atoms with Crippen LogP contribution in [-0.2, 0) is 16.0 Å². The summed E-state index contributed by atoms with van der Waals surface area (Å²) in [7, 11) is 3.38. The van der Waals surface area contributed by atoms with Crippen molar-refractivity contribution in [3.63, 3.8) is 0 Å². The Kier molecular flexibility index (Phi) is 5.74. The molecule has 4 N–H and O–H groups in total. The first-order valence-corrected chi connectivity index (χ1v) is 10.2. The molecule has 2 heterocycles. The van der Waals surface area contributed by atoms with Crippen molar-refractivity contribution in [3.05, 3.63) is 59.9 Å². The number of Topliss-reactive ketones (excluding diaryl/α,β-unsaturated/α-hetero) is 1. The molecule has 3 aromatic rings. The van der Waals surface area contributed by atoms with E-state index in [0.717, 1.165) is 10.7 Å². The Labute approximate surface area is 185 Å². The molecule has 0 bridgehead atoms. The maximum Gasteiger partial charge on any atom is 0.229 e. The number of hydrogen-bond acceptors (Lipinski definition) is 6. The predicted octanol–water partition coefficient (Wildman–Crippen LogP) is 2.49. The van der Waals surface area contributed by atoms with Crippen LogP contribution in [0.25, 0.3) is 11.3 Å². The van der Waals surface area contributed by atoms with Crippen molar-refractivity contribution in [1.29, 1.82) is 0 Å². The molecule has 0 saturated heterocycles. The van der Waals surface area contributed by atoms with E-state index in [-0.39, 0.29) is 23.9 Å². The van der Waals surface area contributed by atoms with Gasteiger partial charge in [0.25, 0.3) is 0 Å². The molecule has 9 nitrogen and oxygen atoms in total. The van der Waals surface area contributed by atoms with E-state index in [4.69, 9.17) is 5.84 Å². The van der Waals surface area contributed by atoms with Gasteiger partial charge >= 0.3 is 0 Å². The summed E-state index contributed by atoms with van der Waals surface area (Å²) in [4.78, 5) is 45.8. The summed E-state index contributed by atoms with van der Waals surface area (Å²) in [6.07, 6.45) is 2.58. The second kappa shape index (κ2) is 8.64. The monoisotopic (exact) mass is 432 g/mol. The lowest BCUT2D eigenvalue weighted by Gasteiger charge is -2.24. The van der Waals surface area contributed by atoms with Gasteiger partial charge in [-0.05, 0) is 24.3 Å². The number of hydrogen-bond donors (Lipinski definition) is 3. The number of anilines is 3. The number of aromatic amines is 1. The third-order valence-electron chi connectivity index (χ3n) is 5.48. The van der Waals surface area contributed by atoms with Crippen LogP contribution in [0.4, 0.5) is 17.2 Å². The van der Waals surface area contributed by atoms with E-state index in [2.05, 4.69) is 15.3 Å². The van der Waals surface area contributed by atoms with Crippen molar-refractivity contribution in [2.45, 2.75) is 12.8 Å². The van der Waals surface area contributed by atoms with Crippen molar-refractivity contribution in [3.8, 4) is 11.3 Å². The number of fused-ring (bicyclic) bond motifs is 1. The van der Waals surface area contributed by atoms with Crippen LogP contribution in [0.15, 0.2) is 48.7 Å². The van der Waals surface area contributed by atoms with Gasteiger partial charge in [-0.2, -0.15) is 0 Å². The van der Waals surface area contributed by atoms with Crippen molar-refractivity contribution < 1.29 is 14.4 Å². The van der Waals surface area contributed by atoms with Crippen LogP contribution in [0.5, 0.6) is 0 Å². The lowest BCUT2D eigenvalue weighted by Crippen LogP contribution is -2.35. The molecule has 1 aliphatic rings. The highest BCUT2D eigenvalue weighted by atomic mass is 16.2. The first-order valence-electron chi connectivity index (χ1n) is 10.2. The number of hydrazine groups is 1. The second-order valence-electron chi connectivity index (χ2n) is 7.90. The van der Waals surface area contributed by atoms with Gasteiger partial charge in [-0.1, -0.05) is 18.2 Å². The number of nitrogens with zero attached hydrogens (tertiary/aromatic N) is 3. The molecule has 1 atom stereocenters. The Morgan fingerprint density at radius 3 is 2.66 bits per heavy atom. The van der Waals surface area contributed by atoms with Gasteiger partial charge in [0.2, 0.25) is 12.3 Å². The number of nitrogens with two attached hydrogens (primary N) is 1. The fourth-order valence-electron chi connectivity index (χ4n) is 3.97. The minimum atomic E-state index is -0.413. The highest BCUT2D eigenvalue weighted by Crippen LogP contribution is 2.40. The maximum atomic E-state index is 13.2. The fraction of sp³-hybridized carbons (Fsp3) is 0.217. The van der Waals surface area contributed by atoms with E-state index >= 15 is 0 Å². The third-order valence-corrected chi connectivity index (χ3v) is 5.48. The molecule has 164 valence electrons. The van der Waals surface area contributed by atoms with Crippen molar-refractivity contribution in [2.75, 3.05) is 24.4 Å². The quantitative estimate of drug-likeness (QED) is 0.238. The van der Waals surface area contributed by atoms with Gasteiger partial charge in [-0.3, -0.25) is 14.4 Å². The van der Waals surface area contributed by atoms with E-state index < -0.39 is 5.92 Å². The van der Waals surface area contributed by atoms with Crippen LogP contribution >= 0.6 is 0 Å². The van der Waals surface area contributed by atoms with E-state index in [1.807, 2.05) is 30.3 Å². The fourth-order valence-corrected chi connectivity index (χ4v) is 3.97. The topological polar surface area (TPSA) is 124 Å². The molecule has 32 heavy (non-hydrogen) atoms. The summed E-state index contributed by atoms with van der Waals surface area (Å²) < 4.78 is 0. The SMILES string of the molecule is CN(C)C(=O)C1CC(=O)c2c([nH]c(-c3ccnc(N(N)C=O)c3)c2Nc2ccccc2)C1. The average Bonchev–Trinajstić information content (AvgIpc) is 3.17. The number of rotatable bonds is 6. The van der Waals surface area contributed by atoms with Gasteiger partial charge < -0.3 is 15.2 Å². The zero-order valence-corrected chi connectivity index (χ0v) is 17.8. The summed E-state index contributed by atoms with van der Waals surface area (Å²) in [5.74, 6) is 5.36. The van der Waals surface area contributed by atoms with Crippen molar-refractivity contribution in [2.24, 2.45) is 11.8 Å². The Morgan fingerprint density at radius 1 is 1.22 bits per heavy atom. The Hall–Kier alpha value is -3.98. The van der Waals surface area contributed by atoms with E-state index in [1.165, 1.54) is 4.90 Å². The van der Waals surface area contributed by atoms with Crippen LogP contribution in [0.1, 0.15) is 22.5 Å². The van der Waals surface area contributed by atoms with Gasteiger partial charge in [0.15, 0.2) is 5.78 Å². The minimum Gasteiger partial charge on any atom is -0.356 e. The number of aromatic nitrogens is 2. The minimum absolute atomic E-state index is 0.0753. The number of pyridine rings is 1. The smallest absolute Gasteiger partial charge is 0.229 e. The molecule has 2 amide bonds. The van der Waals surface area contributed by atoms with Crippen LogP contribution in [0, 0.1) is 5.92 Å². The lowest BCUT2D eigenvalue weighted by atomic mass is 9.85. The van der Waals surface area contributed by atoms with Crippen LogP contribution in [-0.4, -0.2) is 47.1 Å².